The molecule has 5 atom stereocenters. The van der Waals surface area contributed by atoms with Crippen molar-refractivity contribution in [1.29, 1.82) is 0 Å². The molecule has 1 N–H and O–H groups in total. The first kappa shape index (κ1) is 14.6. The third kappa shape index (κ3) is 2.16. The fraction of sp³-hybridized carbons (Fsp3) is 0.474. The van der Waals surface area contributed by atoms with Crippen LogP contribution in [0.3, 0.4) is 0 Å². The standard InChI is InChI=1S/C19H21NO3/c21-11-10-15(12-4-2-1-3-5-12)20-18(22)16-13-6-7-14(9-8-13)17(16)19(20)23/h1-7,13-17,21H,8-11H2. The molecule has 23 heavy (non-hydrogen) atoms. The Hall–Kier alpha value is -1.94. The number of hydrogen-bond acceptors (Lipinski definition) is 3. The van der Waals surface area contributed by atoms with Gasteiger partial charge in [0.05, 0.1) is 17.9 Å². The lowest BCUT2D eigenvalue weighted by Gasteiger charge is -2.38. The second kappa shape index (κ2) is 5.60. The number of imide groups is 1. The first-order valence-corrected chi connectivity index (χ1v) is 8.43. The molecule has 0 aromatic heterocycles. The van der Waals surface area contributed by atoms with E-state index in [1.165, 1.54) is 4.90 Å². The fourth-order valence-corrected chi connectivity index (χ4v) is 4.65. The fourth-order valence-electron chi connectivity index (χ4n) is 4.65. The molecule has 1 heterocycles. The number of fused-ring (bicyclic) bond motifs is 1. The van der Waals surface area contributed by atoms with Crippen LogP contribution in [-0.2, 0) is 9.59 Å². The molecule has 5 unspecified atom stereocenters. The molecule has 1 aliphatic heterocycles. The summed E-state index contributed by atoms with van der Waals surface area (Å²) < 4.78 is 0. The van der Waals surface area contributed by atoms with Gasteiger partial charge in [-0.1, -0.05) is 42.5 Å². The highest BCUT2D eigenvalue weighted by molar-refractivity contribution is 6.06. The minimum Gasteiger partial charge on any atom is -0.396 e. The molecule has 4 aliphatic rings. The van der Waals surface area contributed by atoms with Crippen molar-refractivity contribution in [3.63, 3.8) is 0 Å². The molecule has 2 bridgehead atoms. The van der Waals surface area contributed by atoms with Crippen molar-refractivity contribution in [2.24, 2.45) is 23.7 Å². The highest BCUT2D eigenvalue weighted by atomic mass is 16.3. The van der Waals surface area contributed by atoms with Crippen LogP contribution in [0, 0.1) is 23.7 Å². The monoisotopic (exact) mass is 311 g/mol. The topological polar surface area (TPSA) is 57.6 Å². The van der Waals surface area contributed by atoms with E-state index in [9.17, 15) is 14.7 Å². The van der Waals surface area contributed by atoms with Crippen molar-refractivity contribution in [2.45, 2.75) is 25.3 Å². The summed E-state index contributed by atoms with van der Waals surface area (Å²) in [5.41, 5.74) is 0.919. The SMILES string of the molecule is O=C1C2C3C=CC(CC3)C2C(=O)N1C(CCO)c1ccccc1. The van der Waals surface area contributed by atoms with Crippen molar-refractivity contribution in [1.82, 2.24) is 4.90 Å². The van der Waals surface area contributed by atoms with Gasteiger partial charge in [-0.25, -0.2) is 0 Å². The van der Waals surface area contributed by atoms with E-state index in [1.807, 2.05) is 30.3 Å². The molecule has 120 valence electrons. The van der Waals surface area contributed by atoms with Gasteiger partial charge in [0.25, 0.3) is 0 Å². The average Bonchev–Trinajstić information content (AvgIpc) is 2.88. The zero-order chi connectivity index (χ0) is 16.0. The van der Waals surface area contributed by atoms with Crippen molar-refractivity contribution in [2.75, 3.05) is 6.61 Å². The van der Waals surface area contributed by atoms with Gasteiger partial charge in [-0.05, 0) is 36.7 Å². The van der Waals surface area contributed by atoms with Gasteiger partial charge in [0.1, 0.15) is 0 Å². The van der Waals surface area contributed by atoms with E-state index in [1.54, 1.807) is 0 Å². The lowest BCUT2D eigenvalue weighted by atomic mass is 9.63. The number of likely N-dealkylation sites (tertiary alicyclic amines) is 1. The molecule has 3 aliphatic carbocycles. The lowest BCUT2D eigenvalue weighted by molar-refractivity contribution is -0.143. The number of aliphatic hydroxyl groups is 1. The molecule has 0 spiro atoms. The van der Waals surface area contributed by atoms with Crippen molar-refractivity contribution >= 4 is 11.8 Å². The van der Waals surface area contributed by atoms with Gasteiger partial charge in [0.2, 0.25) is 11.8 Å². The van der Waals surface area contributed by atoms with Gasteiger partial charge in [-0.3, -0.25) is 14.5 Å². The maximum Gasteiger partial charge on any atom is 0.234 e. The Balaban J connectivity index is 1.71. The van der Waals surface area contributed by atoms with Crippen LogP contribution in [-0.4, -0.2) is 28.4 Å². The molecule has 1 saturated carbocycles. The molecule has 1 aromatic rings. The Kier molecular flexibility index (Phi) is 3.57. The summed E-state index contributed by atoms with van der Waals surface area (Å²) in [6.45, 7) is -0.0446. The van der Waals surface area contributed by atoms with E-state index in [-0.39, 0.29) is 48.1 Å². The largest absolute Gasteiger partial charge is 0.396 e. The summed E-state index contributed by atoms with van der Waals surface area (Å²) in [4.78, 5) is 27.5. The van der Waals surface area contributed by atoms with E-state index in [0.717, 1.165) is 18.4 Å². The molecule has 1 saturated heterocycles. The van der Waals surface area contributed by atoms with Crippen LogP contribution in [0.2, 0.25) is 0 Å². The van der Waals surface area contributed by atoms with Crippen LogP contribution < -0.4 is 0 Å². The zero-order valence-corrected chi connectivity index (χ0v) is 13.0. The highest BCUT2D eigenvalue weighted by Crippen LogP contribution is 2.51. The quantitative estimate of drug-likeness (QED) is 0.686. The lowest BCUT2D eigenvalue weighted by Crippen LogP contribution is -2.38. The van der Waals surface area contributed by atoms with Crippen molar-refractivity contribution in [3.05, 3.63) is 48.0 Å². The molecule has 2 fully saturated rings. The van der Waals surface area contributed by atoms with E-state index >= 15 is 0 Å². The second-order valence-corrected chi connectivity index (χ2v) is 6.83. The van der Waals surface area contributed by atoms with Crippen molar-refractivity contribution < 1.29 is 14.7 Å². The summed E-state index contributed by atoms with van der Waals surface area (Å²) in [6, 6.07) is 9.22. The van der Waals surface area contributed by atoms with Gasteiger partial charge in [-0.2, -0.15) is 0 Å². The van der Waals surface area contributed by atoms with Gasteiger partial charge < -0.3 is 5.11 Å². The Morgan fingerprint density at radius 2 is 1.57 bits per heavy atom. The number of carbonyl (C=O) groups is 2. The molecule has 4 heteroatoms. The van der Waals surface area contributed by atoms with Gasteiger partial charge in [0, 0.05) is 6.61 Å². The molecule has 5 rings (SSSR count). The summed E-state index contributed by atoms with van der Waals surface area (Å²) >= 11 is 0. The Bertz CT molecular complexity index is 622. The highest BCUT2D eigenvalue weighted by Gasteiger charge is 2.57. The van der Waals surface area contributed by atoms with Crippen LogP contribution in [0.1, 0.15) is 30.9 Å². The first-order valence-electron chi connectivity index (χ1n) is 8.43. The third-order valence-corrected chi connectivity index (χ3v) is 5.69. The molecule has 0 radical (unpaired) electrons. The second-order valence-electron chi connectivity index (χ2n) is 6.83. The van der Waals surface area contributed by atoms with Gasteiger partial charge >= 0.3 is 0 Å². The smallest absolute Gasteiger partial charge is 0.234 e. The van der Waals surface area contributed by atoms with Crippen LogP contribution in [0.5, 0.6) is 0 Å². The number of amides is 2. The molecular weight excluding hydrogens is 290 g/mol. The zero-order valence-electron chi connectivity index (χ0n) is 13.0. The van der Waals surface area contributed by atoms with Crippen molar-refractivity contribution in [3.8, 4) is 0 Å². The minimum absolute atomic E-state index is 0.0404. The molecular formula is C19H21NO3. The number of benzene rings is 1. The number of carbonyl (C=O) groups excluding carboxylic acids is 2. The Morgan fingerprint density at radius 1 is 1.00 bits per heavy atom. The number of hydrogen-bond donors (Lipinski definition) is 1. The van der Waals surface area contributed by atoms with Gasteiger partial charge in [-0.15, -0.1) is 0 Å². The average molecular weight is 311 g/mol. The predicted molar refractivity (Wildman–Crippen MR) is 85.1 cm³/mol. The maximum atomic E-state index is 13.0. The number of allylic oxidation sites excluding steroid dienone is 2. The van der Waals surface area contributed by atoms with Gasteiger partial charge in [0.15, 0.2) is 0 Å². The number of rotatable bonds is 4. The van der Waals surface area contributed by atoms with Crippen LogP contribution >= 0.6 is 0 Å². The maximum absolute atomic E-state index is 13.0. The summed E-state index contributed by atoms with van der Waals surface area (Å²) in [6.07, 6.45) is 6.67. The van der Waals surface area contributed by atoms with E-state index in [4.69, 9.17) is 0 Å². The number of nitrogens with zero attached hydrogens (tertiary/aromatic N) is 1. The van der Waals surface area contributed by atoms with E-state index < -0.39 is 0 Å². The minimum atomic E-state index is -0.355. The Labute approximate surface area is 135 Å². The molecule has 2 amide bonds. The summed E-state index contributed by atoms with van der Waals surface area (Å²) in [5.74, 6) is -0.0379. The van der Waals surface area contributed by atoms with Crippen LogP contribution in [0.25, 0.3) is 0 Å². The van der Waals surface area contributed by atoms with E-state index in [0.29, 0.717) is 6.42 Å². The number of aliphatic hydroxyl groups excluding tert-OH is 1. The van der Waals surface area contributed by atoms with E-state index in [2.05, 4.69) is 12.2 Å². The molecule has 1 aromatic carbocycles. The normalized spacial score (nSPS) is 33.2. The van der Waals surface area contributed by atoms with Crippen LogP contribution in [0.4, 0.5) is 0 Å². The van der Waals surface area contributed by atoms with Crippen LogP contribution in [0.15, 0.2) is 42.5 Å². The Morgan fingerprint density at radius 3 is 2.04 bits per heavy atom. The third-order valence-electron chi connectivity index (χ3n) is 5.69. The summed E-state index contributed by atoms with van der Waals surface area (Å²) in [5, 5.41) is 9.44. The summed E-state index contributed by atoms with van der Waals surface area (Å²) in [7, 11) is 0. The predicted octanol–water partition coefficient (Wildman–Crippen LogP) is 2.31. The first-order chi connectivity index (χ1) is 11.2. The molecule has 4 nitrogen and oxygen atoms in total.